The second-order valence-electron chi connectivity index (χ2n) is 7.09. The van der Waals surface area contributed by atoms with Crippen LogP contribution in [0.4, 0.5) is 5.69 Å². The Morgan fingerprint density at radius 1 is 1.09 bits per heavy atom. The third-order valence-corrected chi connectivity index (χ3v) is 6.43. The third-order valence-electron chi connectivity index (χ3n) is 4.72. The summed E-state index contributed by atoms with van der Waals surface area (Å²) in [7, 11) is 0. The van der Waals surface area contributed by atoms with Gasteiger partial charge in [0.25, 0.3) is 5.91 Å². The van der Waals surface area contributed by atoms with Crippen LogP contribution in [0.25, 0.3) is 16.8 Å². The van der Waals surface area contributed by atoms with Gasteiger partial charge in [-0.05, 0) is 82.9 Å². The van der Waals surface area contributed by atoms with Gasteiger partial charge in [0.1, 0.15) is 0 Å². The maximum Gasteiger partial charge on any atom is 0.264 e. The summed E-state index contributed by atoms with van der Waals surface area (Å²) in [5.74, 6) is 1.28. The van der Waals surface area contributed by atoms with Gasteiger partial charge in [-0.1, -0.05) is 43.3 Å². The maximum absolute atomic E-state index is 12.6. The second kappa shape index (κ2) is 10.4. The van der Waals surface area contributed by atoms with Gasteiger partial charge < -0.3 is 14.8 Å². The van der Waals surface area contributed by atoms with E-state index in [9.17, 15) is 4.79 Å². The monoisotopic (exact) mass is 558 g/mol. The van der Waals surface area contributed by atoms with Crippen LogP contribution in [0.2, 0.25) is 0 Å². The predicted molar refractivity (Wildman–Crippen MR) is 141 cm³/mol. The first-order valence-electron chi connectivity index (χ1n) is 10.5. The van der Waals surface area contributed by atoms with Crippen LogP contribution >= 0.6 is 34.4 Å². The standard InChI is InChI=1S/C25H23IN2O3S/c1-3-12-31-23-19(26)13-16(14-21(23)30-4-2)15-22-24(29)28-25(32-22)27-20-11-7-9-17-8-5-6-10-18(17)20/h5-11,13-15H,3-4,12H2,1-2H3,(H,27,28,29)/b22-15+. The van der Waals surface area contributed by atoms with E-state index < -0.39 is 0 Å². The van der Waals surface area contributed by atoms with Crippen molar-refractivity contribution in [3.05, 3.63) is 68.6 Å². The number of benzene rings is 3. The number of fused-ring (bicyclic) bond motifs is 1. The molecular formula is C25H23IN2O3S. The van der Waals surface area contributed by atoms with Crippen LogP contribution in [0.3, 0.4) is 0 Å². The summed E-state index contributed by atoms with van der Waals surface area (Å²) in [5.41, 5.74) is 1.71. The Balaban J connectivity index is 1.63. The van der Waals surface area contributed by atoms with Crippen molar-refractivity contribution in [2.24, 2.45) is 4.99 Å². The van der Waals surface area contributed by atoms with Gasteiger partial charge in [0.05, 0.1) is 27.4 Å². The molecule has 7 heteroatoms. The summed E-state index contributed by atoms with van der Waals surface area (Å²) in [6.07, 6.45) is 2.78. The Morgan fingerprint density at radius 3 is 2.72 bits per heavy atom. The van der Waals surface area contributed by atoms with Crippen LogP contribution in [-0.4, -0.2) is 24.3 Å². The number of amides is 1. The minimum atomic E-state index is -0.159. The van der Waals surface area contributed by atoms with Crippen molar-refractivity contribution in [3.8, 4) is 11.5 Å². The highest BCUT2D eigenvalue weighted by atomic mass is 127. The molecule has 1 amide bonds. The Labute approximate surface area is 205 Å². The number of carbonyl (C=O) groups excluding carboxylic acids is 1. The molecule has 164 valence electrons. The van der Waals surface area contributed by atoms with E-state index in [1.165, 1.54) is 11.8 Å². The van der Waals surface area contributed by atoms with Crippen molar-refractivity contribution < 1.29 is 14.3 Å². The molecule has 1 fully saturated rings. The van der Waals surface area contributed by atoms with Gasteiger partial charge in [-0.2, -0.15) is 0 Å². The van der Waals surface area contributed by atoms with Crippen LogP contribution in [0.1, 0.15) is 25.8 Å². The first-order valence-corrected chi connectivity index (χ1v) is 12.3. The van der Waals surface area contributed by atoms with Crippen molar-refractivity contribution in [1.82, 2.24) is 5.32 Å². The molecule has 0 bridgehead atoms. The zero-order valence-corrected chi connectivity index (χ0v) is 20.8. The molecule has 0 spiro atoms. The number of rotatable bonds is 7. The normalized spacial score (nSPS) is 16.0. The average molecular weight is 558 g/mol. The van der Waals surface area contributed by atoms with Gasteiger partial charge in [-0.3, -0.25) is 4.79 Å². The highest BCUT2D eigenvalue weighted by molar-refractivity contribution is 14.1. The lowest BCUT2D eigenvalue weighted by Gasteiger charge is -2.14. The smallest absolute Gasteiger partial charge is 0.264 e. The largest absolute Gasteiger partial charge is 0.490 e. The summed E-state index contributed by atoms with van der Waals surface area (Å²) in [6.45, 7) is 5.18. The first-order chi connectivity index (χ1) is 15.6. The number of amidine groups is 1. The van der Waals surface area contributed by atoms with Gasteiger partial charge >= 0.3 is 0 Å². The van der Waals surface area contributed by atoms with Crippen molar-refractivity contribution in [2.45, 2.75) is 20.3 Å². The SMILES string of the molecule is CCCOc1c(I)cc(/C=C2/SC(=Nc3cccc4ccccc34)NC2=O)cc1OCC. The molecule has 0 atom stereocenters. The average Bonchev–Trinajstić information content (AvgIpc) is 3.12. The van der Waals surface area contributed by atoms with Crippen LogP contribution < -0.4 is 14.8 Å². The zero-order chi connectivity index (χ0) is 22.5. The fraction of sp³-hybridized carbons (Fsp3) is 0.200. The predicted octanol–water partition coefficient (Wildman–Crippen LogP) is 6.52. The minimum Gasteiger partial charge on any atom is -0.490 e. The summed E-state index contributed by atoms with van der Waals surface area (Å²) >= 11 is 3.58. The highest BCUT2D eigenvalue weighted by Gasteiger charge is 2.24. The van der Waals surface area contributed by atoms with E-state index in [0.717, 1.165) is 37.8 Å². The van der Waals surface area contributed by atoms with E-state index in [0.29, 0.717) is 29.0 Å². The number of nitrogens with one attached hydrogen (secondary N) is 1. The molecule has 1 N–H and O–H groups in total. The molecule has 4 rings (SSSR count). The van der Waals surface area contributed by atoms with Crippen molar-refractivity contribution >= 4 is 68.0 Å². The number of aliphatic imine (C=N–C) groups is 1. The molecule has 0 radical (unpaired) electrons. The summed E-state index contributed by atoms with van der Waals surface area (Å²) < 4.78 is 12.6. The van der Waals surface area contributed by atoms with E-state index in [-0.39, 0.29) is 5.91 Å². The number of hydrogen-bond donors (Lipinski definition) is 1. The molecule has 0 aliphatic carbocycles. The molecule has 1 aliphatic heterocycles. The highest BCUT2D eigenvalue weighted by Crippen LogP contribution is 2.37. The number of thioether (sulfide) groups is 1. The van der Waals surface area contributed by atoms with E-state index >= 15 is 0 Å². The van der Waals surface area contributed by atoms with Crippen LogP contribution in [0, 0.1) is 3.57 Å². The van der Waals surface area contributed by atoms with Gasteiger partial charge in [0, 0.05) is 5.39 Å². The number of ether oxygens (including phenoxy) is 2. The van der Waals surface area contributed by atoms with Crippen molar-refractivity contribution in [1.29, 1.82) is 0 Å². The van der Waals surface area contributed by atoms with Crippen molar-refractivity contribution in [2.75, 3.05) is 13.2 Å². The molecular weight excluding hydrogens is 535 g/mol. The van der Waals surface area contributed by atoms with Gasteiger partial charge in [0.2, 0.25) is 0 Å². The Bertz CT molecular complexity index is 1220. The van der Waals surface area contributed by atoms with Gasteiger partial charge in [-0.15, -0.1) is 0 Å². The van der Waals surface area contributed by atoms with E-state index in [2.05, 4.69) is 47.0 Å². The summed E-state index contributed by atoms with van der Waals surface area (Å²) in [4.78, 5) is 17.9. The molecule has 3 aromatic carbocycles. The van der Waals surface area contributed by atoms with Crippen LogP contribution in [-0.2, 0) is 4.79 Å². The molecule has 0 saturated carbocycles. The molecule has 1 saturated heterocycles. The number of carbonyl (C=O) groups is 1. The third kappa shape index (κ3) is 5.10. The maximum atomic E-state index is 12.6. The minimum absolute atomic E-state index is 0.159. The van der Waals surface area contributed by atoms with Gasteiger partial charge in [-0.25, -0.2) is 4.99 Å². The first kappa shape index (κ1) is 22.7. The molecule has 3 aromatic rings. The van der Waals surface area contributed by atoms with Crippen molar-refractivity contribution in [3.63, 3.8) is 0 Å². The molecule has 32 heavy (non-hydrogen) atoms. The lowest BCUT2D eigenvalue weighted by atomic mass is 10.1. The fourth-order valence-corrected chi connectivity index (χ4v) is 4.94. The Kier molecular flexibility index (Phi) is 7.36. The molecule has 1 aliphatic rings. The lowest BCUT2D eigenvalue weighted by molar-refractivity contribution is -0.115. The molecule has 1 heterocycles. The lowest BCUT2D eigenvalue weighted by Crippen LogP contribution is -2.19. The topological polar surface area (TPSA) is 59.9 Å². The quantitative estimate of drug-likeness (QED) is 0.265. The fourth-order valence-electron chi connectivity index (χ4n) is 3.33. The Hall–Kier alpha value is -2.52. The summed E-state index contributed by atoms with van der Waals surface area (Å²) in [5, 5.41) is 5.61. The summed E-state index contributed by atoms with van der Waals surface area (Å²) in [6, 6.07) is 18.0. The Morgan fingerprint density at radius 2 is 1.91 bits per heavy atom. The number of nitrogens with zero attached hydrogens (tertiary/aromatic N) is 1. The van der Waals surface area contributed by atoms with E-state index in [1.54, 1.807) is 0 Å². The van der Waals surface area contributed by atoms with Gasteiger partial charge in [0.15, 0.2) is 16.7 Å². The van der Waals surface area contributed by atoms with Crippen LogP contribution in [0.15, 0.2) is 64.5 Å². The molecule has 0 unspecified atom stereocenters. The zero-order valence-electron chi connectivity index (χ0n) is 17.9. The number of halogens is 1. The second-order valence-corrected chi connectivity index (χ2v) is 9.28. The molecule has 5 nitrogen and oxygen atoms in total. The van der Waals surface area contributed by atoms with E-state index in [1.807, 2.05) is 55.5 Å². The van der Waals surface area contributed by atoms with Crippen LogP contribution in [0.5, 0.6) is 11.5 Å². The molecule has 0 aromatic heterocycles. The number of hydrogen-bond acceptors (Lipinski definition) is 5. The van der Waals surface area contributed by atoms with E-state index in [4.69, 9.17) is 14.5 Å².